The molecule has 1 N–H and O–H groups in total. The van der Waals surface area contributed by atoms with Crippen molar-refractivity contribution >= 4 is 17.3 Å². The molecule has 0 saturated carbocycles. The molecule has 0 unspecified atom stereocenters. The van der Waals surface area contributed by atoms with Gasteiger partial charge in [-0.2, -0.15) is 13.2 Å². The van der Waals surface area contributed by atoms with Gasteiger partial charge in [0.05, 0.1) is 0 Å². The summed E-state index contributed by atoms with van der Waals surface area (Å²) in [6, 6.07) is 2.39. The monoisotopic (exact) mass is 226 g/mol. The molecular formula is C7H5F3O3S. The Hall–Kier alpha value is -1.24. The molecule has 0 saturated heterocycles. The van der Waals surface area contributed by atoms with Crippen LogP contribution in [0.1, 0.15) is 9.67 Å². The number of hydrogen-bond donors (Lipinski definition) is 1. The zero-order chi connectivity index (χ0) is 10.8. The molecule has 0 amide bonds. The van der Waals surface area contributed by atoms with Crippen LogP contribution >= 0.6 is 11.3 Å². The molecule has 0 bridgehead atoms. The van der Waals surface area contributed by atoms with Crippen LogP contribution in [0.4, 0.5) is 13.2 Å². The summed E-state index contributed by atoms with van der Waals surface area (Å²) < 4.78 is 39.3. The van der Waals surface area contributed by atoms with E-state index >= 15 is 0 Å². The maximum Gasteiger partial charge on any atom is 0.422 e. The third-order valence-corrected chi connectivity index (χ3v) is 2.16. The van der Waals surface area contributed by atoms with Crippen LogP contribution in [0.25, 0.3) is 0 Å². The van der Waals surface area contributed by atoms with Gasteiger partial charge in [0.2, 0.25) is 0 Å². The molecule has 0 aliphatic carbocycles. The molecule has 0 radical (unpaired) electrons. The summed E-state index contributed by atoms with van der Waals surface area (Å²) in [7, 11) is 0. The molecule has 7 heteroatoms. The molecule has 1 aromatic heterocycles. The zero-order valence-electron chi connectivity index (χ0n) is 6.67. The molecule has 14 heavy (non-hydrogen) atoms. The Morgan fingerprint density at radius 1 is 1.50 bits per heavy atom. The summed E-state index contributed by atoms with van der Waals surface area (Å²) in [5, 5.41) is 8.40. The minimum absolute atomic E-state index is 0.0535. The van der Waals surface area contributed by atoms with Crippen LogP contribution in [0.2, 0.25) is 0 Å². The van der Waals surface area contributed by atoms with E-state index in [1.165, 1.54) is 12.1 Å². The van der Waals surface area contributed by atoms with E-state index < -0.39 is 18.8 Å². The van der Waals surface area contributed by atoms with Crippen LogP contribution in [-0.4, -0.2) is 23.9 Å². The van der Waals surface area contributed by atoms with Gasteiger partial charge in [-0.3, -0.25) is 0 Å². The van der Waals surface area contributed by atoms with E-state index in [0.717, 1.165) is 0 Å². The number of hydrogen-bond acceptors (Lipinski definition) is 3. The minimum atomic E-state index is -4.41. The van der Waals surface area contributed by atoms with Crippen molar-refractivity contribution in [1.29, 1.82) is 0 Å². The Balaban J connectivity index is 2.56. The van der Waals surface area contributed by atoms with E-state index in [9.17, 15) is 18.0 Å². The van der Waals surface area contributed by atoms with Gasteiger partial charge in [-0.25, -0.2) is 4.79 Å². The van der Waals surface area contributed by atoms with Crippen LogP contribution in [-0.2, 0) is 0 Å². The Bertz CT molecular complexity index is 331. The highest BCUT2D eigenvalue weighted by Crippen LogP contribution is 2.26. The Morgan fingerprint density at radius 2 is 2.14 bits per heavy atom. The van der Waals surface area contributed by atoms with Gasteiger partial charge in [0, 0.05) is 0 Å². The zero-order valence-corrected chi connectivity index (χ0v) is 7.48. The number of carboxylic acid groups (broad SMARTS) is 1. The molecule has 0 fully saturated rings. The van der Waals surface area contributed by atoms with Crippen LogP contribution in [0.3, 0.4) is 0 Å². The first-order valence-electron chi connectivity index (χ1n) is 3.41. The average Bonchev–Trinajstić information content (AvgIpc) is 2.47. The first-order valence-corrected chi connectivity index (χ1v) is 4.23. The van der Waals surface area contributed by atoms with Gasteiger partial charge in [0.15, 0.2) is 11.7 Å². The summed E-state index contributed by atoms with van der Waals surface area (Å²) in [6.45, 7) is -1.41. The fraction of sp³-hybridized carbons (Fsp3) is 0.286. The molecule has 0 aromatic carbocycles. The van der Waals surface area contributed by atoms with Crippen molar-refractivity contribution in [3.8, 4) is 5.06 Å². The number of thiophene rings is 1. The summed E-state index contributed by atoms with van der Waals surface area (Å²) in [5.41, 5.74) is 0. The van der Waals surface area contributed by atoms with Gasteiger partial charge in [-0.1, -0.05) is 11.3 Å². The van der Waals surface area contributed by atoms with Crippen molar-refractivity contribution in [3.05, 3.63) is 17.0 Å². The number of carboxylic acids is 1. The third-order valence-electron chi connectivity index (χ3n) is 1.17. The van der Waals surface area contributed by atoms with Crippen LogP contribution in [0, 0.1) is 0 Å². The van der Waals surface area contributed by atoms with Crippen molar-refractivity contribution in [3.63, 3.8) is 0 Å². The Labute approximate surface area is 80.7 Å². The number of aromatic carboxylic acids is 1. The predicted molar refractivity (Wildman–Crippen MR) is 42.8 cm³/mol. The van der Waals surface area contributed by atoms with Crippen molar-refractivity contribution in [2.75, 3.05) is 6.61 Å². The van der Waals surface area contributed by atoms with Crippen molar-refractivity contribution in [2.24, 2.45) is 0 Å². The van der Waals surface area contributed by atoms with Gasteiger partial charge in [-0.05, 0) is 12.1 Å². The molecular weight excluding hydrogens is 221 g/mol. The topological polar surface area (TPSA) is 46.5 Å². The van der Waals surface area contributed by atoms with E-state index in [4.69, 9.17) is 5.11 Å². The molecule has 3 nitrogen and oxygen atoms in total. The van der Waals surface area contributed by atoms with Crippen LogP contribution in [0.5, 0.6) is 5.06 Å². The lowest BCUT2D eigenvalue weighted by Crippen LogP contribution is -2.18. The predicted octanol–water partition coefficient (Wildman–Crippen LogP) is 2.39. The normalized spacial score (nSPS) is 11.4. The van der Waals surface area contributed by atoms with Crippen molar-refractivity contribution < 1.29 is 27.8 Å². The molecule has 0 atom stereocenters. The Kier molecular flexibility index (Phi) is 3.00. The fourth-order valence-electron chi connectivity index (χ4n) is 0.666. The lowest BCUT2D eigenvalue weighted by molar-refractivity contribution is -0.152. The minimum Gasteiger partial charge on any atom is -0.477 e. The second kappa shape index (κ2) is 3.87. The molecule has 0 aliphatic heterocycles. The smallest absolute Gasteiger partial charge is 0.422 e. The molecule has 78 valence electrons. The number of rotatable bonds is 3. The number of halogens is 3. The van der Waals surface area contributed by atoms with Gasteiger partial charge in [0.25, 0.3) is 0 Å². The fourth-order valence-corrected chi connectivity index (χ4v) is 1.36. The first kappa shape index (κ1) is 10.8. The van der Waals surface area contributed by atoms with Crippen molar-refractivity contribution in [1.82, 2.24) is 0 Å². The number of ether oxygens (including phenoxy) is 1. The first-order chi connectivity index (χ1) is 6.38. The standard InChI is InChI=1S/C7H5F3O3S/c8-7(9,10)3-13-5-2-1-4(14-5)6(11)12/h1-2H,3H2,(H,11,12). The summed E-state index contributed by atoms with van der Waals surface area (Å²) in [6.07, 6.45) is -4.41. The highest BCUT2D eigenvalue weighted by atomic mass is 32.1. The van der Waals surface area contributed by atoms with E-state index in [-0.39, 0.29) is 9.94 Å². The lowest BCUT2D eigenvalue weighted by atomic mass is 10.5. The number of carbonyl (C=O) groups is 1. The average molecular weight is 226 g/mol. The third kappa shape index (κ3) is 3.25. The van der Waals surface area contributed by atoms with E-state index in [0.29, 0.717) is 11.3 Å². The van der Waals surface area contributed by atoms with Crippen LogP contribution in [0.15, 0.2) is 12.1 Å². The van der Waals surface area contributed by atoms with E-state index in [1.54, 1.807) is 0 Å². The molecule has 1 heterocycles. The van der Waals surface area contributed by atoms with Gasteiger partial charge >= 0.3 is 12.1 Å². The molecule has 0 aliphatic rings. The van der Waals surface area contributed by atoms with Gasteiger partial charge in [0.1, 0.15) is 4.88 Å². The SMILES string of the molecule is O=C(O)c1ccc(OCC(F)(F)F)s1. The molecule has 1 aromatic rings. The van der Waals surface area contributed by atoms with Crippen LogP contribution < -0.4 is 4.74 Å². The van der Waals surface area contributed by atoms with E-state index in [2.05, 4.69) is 4.74 Å². The largest absolute Gasteiger partial charge is 0.477 e. The molecule has 0 spiro atoms. The molecule has 1 rings (SSSR count). The highest BCUT2D eigenvalue weighted by Gasteiger charge is 2.28. The number of alkyl halides is 3. The van der Waals surface area contributed by atoms with Gasteiger partial charge in [-0.15, -0.1) is 0 Å². The second-order valence-electron chi connectivity index (χ2n) is 2.33. The maximum absolute atomic E-state index is 11.7. The maximum atomic E-state index is 11.7. The second-order valence-corrected chi connectivity index (χ2v) is 3.37. The lowest BCUT2D eigenvalue weighted by Gasteiger charge is -2.05. The quantitative estimate of drug-likeness (QED) is 0.860. The summed E-state index contributed by atoms with van der Waals surface area (Å²) >= 11 is 0.660. The Morgan fingerprint density at radius 3 is 2.57 bits per heavy atom. The highest BCUT2D eigenvalue weighted by molar-refractivity contribution is 7.15. The summed E-state index contributed by atoms with van der Waals surface area (Å²) in [4.78, 5) is 10.3. The van der Waals surface area contributed by atoms with Crippen molar-refractivity contribution in [2.45, 2.75) is 6.18 Å². The van der Waals surface area contributed by atoms with E-state index in [1.807, 2.05) is 0 Å². The van der Waals surface area contributed by atoms with Gasteiger partial charge < -0.3 is 9.84 Å². The summed E-state index contributed by atoms with van der Waals surface area (Å²) in [5.74, 6) is -1.18.